The smallest absolute Gasteiger partial charge is 0.288 e. The Hall–Kier alpha value is -1.29. The predicted molar refractivity (Wildman–Crippen MR) is 75.3 cm³/mol. The highest BCUT2D eigenvalue weighted by molar-refractivity contribution is 6.33. The van der Waals surface area contributed by atoms with Crippen LogP contribution in [-0.4, -0.2) is 11.5 Å². The van der Waals surface area contributed by atoms with Gasteiger partial charge in [-0.2, -0.15) is 0 Å². The van der Waals surface area contributed by atoms with E-state index in [1.165, 1.54) is 6.07 Å². The highest BCUT2D eigenvalue weighted by atomic mass is 35.5. The molecule has 0 aliphatic rings. The van der Waals surface area contributed by atoms with E-state index in [4.69, 9.17) is 11.6 Å². The van der Waals surface area contributed by atoms with Crippen molar-refractivity contribution >= 4 is 23.0 Å². The van der Waals surface area contributed by atoms with Gasteiger partial charge in [-0.15, -0.1) is 0 Å². The Morgan fingerprint density at radius 3 is 2.50 bits per heavy atom. The summed E-state index contributed by atoms with van der Waals surface area (Å²) in [6.07, 6.45) is 0. The van der Waals surface area contributed by atoms with Crippen molar-refractivity contribution in [3.8, 4) is 0 Å². The molecule has 1 aromatic rings. The molecule has 0 amide bonds. The number of hydrogen-bond acceptors (Lipinski definition) is 3. The van der Waals surface area contributed by atoms with Crippen LogP contribution >= 0.6 is 11.6 Å². The molecule has 0 aromatic heterocycles. The van der Waals surface area contributed by atoms with Gasteiger partial charge in [-0.3, -0.25) is 10.1 Å². The van der Waals surface area contributed by atoms with Crippen LogP contribution in [0.3, 0.4) is 0 Å². The lowest BCUT2D eigenvalue weighted by Crippen LogP contribution is -2.16. The molecule has 0 fully saturated rings. The fourth-order valence-corrected chi connectivity index (χ4v) is 1.74. The number of nitro benzene ring substituents is 1. The van der Waals surface area contributed by atoms with E-state index in [0.717, 1.165) is 17.8 Å². The number of nitro groups is 1. The summed E-state index contributed by atoms with van der Waals surface area (Å²) in [6.45, 7) is 9.17. The summed E-state index contributed by atoms with van der Waals surface area (Å²) >= 11 is 5.89. The van der Waals surface area contributed by atoms with Gasteiger partial charge in [0.2, 0.25) is 0 Å². The van der Waals surface area contributed by atoms with Crippen LogP contribution in [0, 0.1) is 28.9 Å². The highest BCUT2D eigenvalue weighted by Crippen LogP contribution is 2.30. The standard InChI is InChI=1S/C13H19ClN2O2/c1-8(2)10(4)7-15-12-6-11(14)13(16(17)18)5-9(12)3/h5-6,8,10,15H,7H2,1-4H3. The number of hydrogen-bond donors (Lipinski definition) is 1. The molecule has 18 heavy (non-hydrogen) atoms. The number of benzene rings is 1. The minimum Gasteiger partial charge on any atom is -0.385 e. The molecular formula is C13H19ClN2O2. The van der Waals surface area contributed by atoms with Gasteiger partial charge in [0.05, 0.1) is 4.92 Å². The second kappa shape index (κ2) is 6.05. The van der Waals surface area contributed by atoms with E-state index in [9.17, 15) is 10.1 Å². The zero-order chi connectivity index (χ0) is 13.9. The maximum atomic E-state index is 10.7. The summed E-state index contributed by atoms with van der Waals surface area (Å²) in [4.78, 5) is 10.3. The van der Waals surface area contributed by atoms with Gasteiger partial charge >= 0.3 is 0 Å². The van der Waals surface area contributed by atoms with E-state index in [0.29, 0.717) is 11.8 Å². The molecule has 0 saturated carbocycles. The Morgan fingerprint density at radius 1 is 1.39 bits per heavy atom. The Kier molecular flexibility index (Phi) is 4.96. The van der Waals surface area contributed by atoms with Crippen molar-refractivity contribution in [2.45, 2.75) is 27.7 Å². The Labute approximate surface area is 112 Å². The van der Waals surface area contributed by atoms with E-state index >= 15 is 0 Å². The average Bonchev–Trinajstić information content (AvgIpc) is 2.28. The second-order valence-corrected chi connectivity index (χ2v) is 5.39. The maximum Gasteiger partial charge on any atom is 0.288 e. The van der Waals surface area contributed by atoms with Gasteiger partial charge in [-0.05, 0) is 30.4 Å². The molecule has 0 radical (unpaired) electrons. The third kappa shape index (κ3) is 3.60. The summed E-state index contributed by atoms with van der Waals surface area (Å²) in [7, 11) is 0. The molecule has 5 heteroatoms. The van der Waals surface area contributed by atoms with Gasteiger partial charge in [0.15, 0.2) is 0 Å². The Morgan fingerprint density at radius 2 is 2.00 bits per heavy atom. The number of nitrogens with one attached hydrogen (secondary N) is 1. The van der Waals surface area contributed by atoms with Crippen LogP contribution in [-0.2, 0) is 0 Å². The van der Waals surface area contributed by atoms with Crippen LogP contribution in [0.2, 0.25) is 5.02 Å². The van der Waals surface area contributed by atoms with Gasteiger partial charge in [0.1, 0.15) is 5.02 Å². The molecular weight excluding hydrogens is 252 g/mol. The van der Waals surface area contributed by atoms with E-state index in [1.807, 2.05) is 6.92 Å². The van der Waals surface area contributed by atoms with E-state index < -0.39 is 4.92 Å². The van der Waals surface area contributed by atoms with Crippen LogP contribution in [0.4, 0.5) is 11.4 Å². The third-order valence-corrected chi connectivity index (χ3v) is 3.55. The van der Waals surface area contributed by atoms with E-state index in [1.54, 1.807) is 6.07 Å². The topological polar surface area (TPSA) is 55.2 Å². The van der Waals surface area contributed by atoms with Gasteiger partial charge in [0.25, 0.3) is 5.69 Å². The number of halogens is 1. The lowest BCUT2D eigenvalue weighted by Gasteiger charge is -2.18. The second-order valence-electron chi connectivity index (χ2n) is 4.98. The SMILES string of the molecule is Cc1cc([N+](=O)[O-])c(Cl)cc1NCC(C)C(C)C. The fraction of sp³-hybridized carbons (Fsp3) is 0.538. The van der Waals surface area contributed by atoms with E-state index in [2.05, 4.69) is 26.1 Å². The van der Waals surface area contributed by atoms with Crippen molar-refractivity contribution in [2.75, 3.05) is 11.9 Å². The molecule has 0 aliphatic heterocycles. The molecule has 1 unspecified atom stereocenters. The van der Waals surface area contributed by atoms with Gasteiger partial charge < -0.3 is 5.32 Å². The molecule has 100 valence electrons. The first kappa shape index (κ1) is 14.8. The number of rotatable bonds is 5. The minimum absolute atomic E-state index is 0.0448. The van der Waals surface area contributed by atoms with Crippen molar-refractivity contribution < 1.29 is 4.92 Å². The van der Waals surface area contributed by atoms with Crippen LogP contribution in [0.25, 0.3) is 0 Å². The third-order valence-electron chi connectivity index (χ3n) is 3.24. The molecule has 0 spiro atoms. The van der Waals surface area contributed by atoms with Crippen molar-refractivity contribution in [3.63, 3.8) is 0 Å². The highest BCUT2D eigenvalue weighted by Gasteiger charge is 2.15. The minimum atomic E-state index is -0.462. The summed E-state index contributed by atoms with van der Waals surface area (Å²) in [5.74, 6) is 1.12. The lowest BCUT2D eigenvalue weighted by molar-refractivity contribution is -0.384. The first-order valence-electron chi connectivity index (χ1n) is 6.01. The van der Waals surface area contributed by atoms with Crippen LogP contribution in [0.5, 0.6) is 0 Å². The summed E-state index contributed by atoms with van der Waals surface area (Å²) in [5.41, 5.74) is 1.65. The fourth-order valence-electron chi connectivity index (χ4n) is 1.50. The Bertz CT molecular complexity index is 447. The molecule has 0 saturated heterocycles. The van der Waals surface area contributed by atoms with Crippen molar-refractivity contribution in [2.24, 2.45) is 11.8 Å². The number of anilines is 1. The summed E-state index contributed by atoms with van der Waals surface area (Å²) in [6, 6.07) is 3.13. The van der Waals surface area contributed by atoms with Crippen molar-refractivity contribution in [3.05, 3.63) is 32.8 Å². The van der Waals surface area contributed by atoms with Gasteiger partial charge in [-0.25, -0.2) is 0 Å². The normalized spacial score (nSPS) is 12.6. The molecule has 1 rings (SSSR count). The van der Waals surface area contributed by atoms with Gasteiger partial charge in [0, 0.05) is 18.3 Å². The molecule has 0 bridgehead atoms. The average molecular weight is 271 g/mol. The monoisotopic (exact) mass is 270 g/mol. The molecule has 0 heterocycles. The molecule has 1 aromatic carbocycles. The zero-order valence-electron chi connectivity index (χ0n) is 11.2. The quantitative estimate of drug-likeness (QED) is 0.642. The van der Waals surface area contributed by atoms with E-state index in [-0.39, 0.29) is 10.7 Å². The molecule has 0 aliphatic carbocycles. The molecule has 4 nitrogen and oxygen atoms in total. The number of aryl methyl sites for hydroxylation is 1. The molecule has 1 N–H and O–H groups in total. The Balaban J connectivity index is 2.85. The lowest BCUT2D eigenvalue weighted by atomic mass is 9.98. The summed E-state index contributed by atoms with van der Waals surface area (Å²) < 4.78 is 0. The van der Waals surface area contributed by atoms with Crippen LogP contribution in [0.1, 0.15) is 26.3 Å². The first-order chi connectivity index (χ1) is 8.32. The predicted octanol–water partition coefficient (Wildman–Crippen LogP) is 4.26. The number of nitrogens with zero attached hydrogens (tertiary/aromatic N) is 1. The largest absolute Gasteiger partial charge is 0.385 e. The first-order valence-corrected chi connectivity index (χ1v) is 6.39. The van der Waals surface area contributed by atoms with Gasteiger partial charge in [-0.1, -0.05) is 32.4 Å². The maximum absolute atomic E-state index is 10.7. The van der Waals surface area contributed by atoms with Crippen molar-refractivity contribution in [1.82, 2.24) is 0 Å². The van der Waals surface area contributed by atoms with Crippen LogP contribution < -0.4 is 5.32 Å². The zero-order valence-corrected chi connectivity index (χ0v) is 11.9. The van der Waals surface area contributed by atoms with Crippen molar-refractivity contribution in [1.29, 1.82) is 0 Å². The molecule has 1 atom stereocenters. The summed E-state index contributed by atoms with van der Waals surface area (Å²) in [5, 5.41) is 14.2. The van der Waals surface area contributed by atoms with Crippen LogP contribution in [0.15, 0.2) is 12.1 Å².